The van der Waals surface area contributed by atoms with Crippen LogP contribution in [0.4, 0.5) is 5.13 Å². The topological polar surface area (TPSA) is 65.4 Å². The SMILES string of the molecule is CN=C(NCc1cccc(-c2ccccn2)c1)NCc1csc(N(C)C)n1.I. The maximum atomic E-state index is 4.57. The number of halogens is 1. The lowest BCUT2D eigenvalue weighted by molar-refractivity contribution is 0.797. The summed E-state index contributed by atoms with van der Waals surface area (Å²) in [5.41, 5.74) is 4.26. The minimum atomic E-state index is 0. The van der Waals surface area contributed by atoms with Gasteiger partial charge >= 0.3 is 0 Å². The van der Waals surface area contributed by atoms with Crippen molar-refractivity contribution in [3.05, 3.63) is 65.3 Å². The molecule has 0 atom stereocenters. The van der Waals surface area contributed by atoms with Crippen LogP contribution in [0.2, 0.25) is 0 Å². The number of pyridine rings is 1. The van der Waals surface area contributed by atoms with Crippen molar-refractivity contribution in [2.75, 3.05) is 26.0 Å². The van der Waals surface area contributed by atoms with E-state index in [9.17, 15) is 0 Å². The van der Waals surface area contributed by atoms with Crippen LogP contribution in [0.5, 0.6) is 0 Å². The Kier molecular flexibility index (Phi) is 8.65. The van der Waals surface area contributed by atoms with Gasteiger partial charge in [0, 0.05) is 44.8 Å². The van der Waals surface area contributed by atoms with Crippen LogP contribution in [0.1, 0.15) is 11.3 Å². The summed E-state index contributed by atoms with van der Waals surface area (Å²) in [4.78, 5) is 15.3. The van der Waals surface area contributed by atoms with Gasteiger partial charge in [0.1, 0.15) is 0 Å². The molecule has 0 unspecified atom stereocenters. The quantitative estimate of drug-likeness (QED) is 0.302. The lowest BCUT2D eigenvalue weighted by Gasteiger charge is -2.12. The first-order chi connectivity index (χ1) is 13.2. The first-order valence-electron chi connectivity index (χ1n) is 8.72. The maximum absolute atomic E-state index is 4.57. The van der Waals surface area contributed by atoms with Crippen molar-refractivity contribution in [1.82, 2.24) is 20.6 Å². The average Bonchev–Trinajstić information content (AvgIpc) is 3.18. The first kappa shape index (κ1) is 22.1. The van der Waals surface area contributed by atoms with E-state index in [-0.39, 0.29) is 24.0 Å². The van der Waals surface area contributed by atoms with E-state index in [0.717, 1.165) is 28.0 Å². The summed E-state index contributed by atoms with van der Waals surface area (Å²) >= 11 is 1.64. The van der Waals surface area contributed by atoms with E-state index in [1.165, 1.54) is 5.56 Å². The standard InChI is InChI=1S/C20H24N6S.HI/c1-21-19(24-13-17-14-27-20(25-17)26(2)3)23-12-15-7-6-8-16(11-15)18-9-4-5-10-22-18;/h4-11,14H,12-13H2,1-3H3,(H2,21,23,24);1H. The highest BCUT2D eigenvalue weighted by atomic mass is 127. The number of thiazole rings is 1. The Labute approximate surface area is 187 Å². The molecule has 0 radical (unpaired) electrons. The summed E-state index contributed by atoms with van der Waals surface area (Å²) in [6, 6.07) is 14.3. The third-order valence-electron chi connectivity index (χ3n) is 3.93. The summed E-state index contributed by atoms with van der Waals surface area (Å²) in [6.45, 7) is 1.32. The van der Waals surface area contributed by atoms with Gasteiger partial charge in [-0.25, -0.2) is 4.98 Å². The molecule has 0 spiro atoms. The smallest absolute Gasteiger partial charge is 0.191 e. The highest BCUT2D eigenvalue weighted by molar-refractivity contribution is 14.0. The molecule has 0 saturated carbocycles. The summed E-state index contributed by atoms with van der Waals surface area (Å²) in [5, 5.41) is 9.72. The average molecular weight is 508 g/mol. The summed E-state index contributed by atoms with van der Waals surface area (Å²) in [5.74, 6) is 0.748. The molecule has 0 amide bonds. The number of anilines is 1. The van der Waals surface area contributed by atoms with Crippen molar-refractivity contribution in [2.24, 2.45) is 4.99 Å². The Morgan fingerprint density at radius 3 is 2.61 bits per heavy atom. The first-order valence-corrected chi connectivity index (χ1v) is 9.60. The Morgan fingerprint density at radius 1 is 1.11 bits per heavy atom. The summed E-state index contributed by atoms with van der Waals surface area (Å²) < 4.78 is 0. The Hall–Kier alpha value is -2.20. The number of hydrogen-bond acceptors (Lipinski definition) is 5. The van der Waals surface area contributed by atoms with Gasteiger partial charge in [0.15, 0.2) is 11.1 Å². The van der Waals surface area contributed by atoms with E-state index >= 15 is 0 Å². The largest absolute Gasteiger partial charge is 0.354 e. The van der Waals surface area contributed by atoms with E-state index in [1.54, 1.807) is 18.4 Å². The van der Waals surface area contributed by atoms with Gasteiger partial charge in [0.25, 0.3) is 0 Å². The molecule has 0 aliphatic rings. The van der Waals surface area contributed by atoms with Crippen LogP contribution in [0.15, 0.2) is 59.0 Å². The van der Waals surface area contributed by atoms with Gasteiger partial charge in [-0.2, -0.15) is 0 Å². The number of nitrogens with zero attached hydrogens (tertiary/aromatic N) is 4. The predicted molar refractivity (Wildman–Crippen MR) is 129 cm³/mol. The fourth-order valence-corrected chi connectivity index (χ4v) is 3.30. The molecule has 0 fully saturated rings. The zero-order valence-corrected chi connectivity index (χ0v) is 19.4. The molecule has 28 heavy (non-hydrogen) atoms. The van der Waals surface area contributed by atoms with E-state index in [4.69, 9.17) is 0 Å². The van der Waals surface area contributed by atoms with E-state index in [0.29, 0.717) is 13.1 Å². The van der Waals surface area contributed by atoms with Crippen molar-refractivity contribution in [1.29, 1.82) is 0 Å². The second kappa shape index (κ2) is 11.0. The predicted octanol–water partition coefficient (Wildman–Crippen LogP) is 3.75. The van der Waals surface area contributed by atoms with Crippen LogP contribution in [0.3, 0.4) is 0 Å². The van der Waals surface area contributed by atoms with Crippen LogP contribution in [-0.2, 0) is 13.1 Å². The van der Waals surface area contributed by atoms with Gasteiger partial charge in [-0.3, -0.25) is 9.98 Å². The molecule has 2 N–H and O–H groups in total. The van der Waals surface area contributed by atoms with E-state index in [1.807, 2.05) is 43.4 Å². The van der Waals surface area contributed by atoms with Crippen LogP contribution < -0.4 is 15.5 Å². The minimum absolute atomic E-state index is 0. The number of aliphatic imine (C=N–C) groups is 1. The van der Waals surface area contributed by atoms with Crippen LogP contribution in [0, 0.1) is 0 Å². The third kappa shape index (κ3) is 6.16. The monoisotopic (exact) mass is 508 g/mol. The van der Waals surface area contributed by atoms with Crippen LogP contribution >= 0.6 is 35.3 Å². The molecule has 0 bridgehead atoms. The molecular formula is C20H25IN6S. The van der Waals surface area contributed by atoms with Crippen molar-refractivity contribution < 1.29 is 0 Å². The van der Waals surface area contributed by atoms with E-state index < -0.39 is 0 Å². The Bertz CT molecular complexity index is 894. The molecule has 3 rings (SSSR count). The molecule has 148 valence electrons. The van der Waals surface area contributed by atoms with Gasteiger partial charge in [-0.1, -0.05) is 24.3 Å². The lowest BCUT2D eigenvalue weighted by Crippen LogP contribution is -2.36. The van der Waals surface area contributed by atoms with Crippen LogP contribution in [-0.4, -0.2) is 37.1 Å². The van der Waals surface area contributed by atoms with Crippen molar-refractivity contribution in [3.63, 3.8) is 0 Å². The number of benzene rings is 1. The van der Waals surface area contributed by atoms with Crippen molar-refractivity contribution in [2.45, 2.75) is 13.1 Å². The molecule has 0 aliphatic heterocycles. The number of hydrogen-bond donors (Lipinski definition) is 2. The van der Waals surface area contributed by atoms with Crippen molar-refractivity contribution in [3.8, 4) is 11.3 Å². The van der Waals surface area contributed by atoms with E-state index in [2.05, 4.69) is 55.2 Å². The number of aromatic nitrogens is 2. The lowest BCUT2D eigenvalue weighted by atomic mass is 10.1. The highest BCUT2D eigenvalue weighted by Gasteiger charge is 2.05. The Morgan fingerprint density at radius 2 is 1.93 bits per heavy atom. The molecule has 6 nitrogen and oxygen atoms in total. The summed E-state index contributed by atoms with van der Waals surface area (Å²) in [6.07, 6.45) is 1.81. The number of rotatable bonds is 6. The highest BCUT2D eigenvalue weighted by Crippen LogP contribution is 2.18. The van der Waals surface area contributed by atoms with Crippen molar-refractivity contribution >= 4 is 46.4 Å². The fourth-order valence-electron chi connectivity index (χ4n) is 2.54. The van der Waals surface area contributed by atoms with Crippen LogP contribution in [0.25, 0.3) is 11.3 Å². The second-order valence-corrected chi connectivity index (χ2v) is 7.05. The van der Waals surface area contributed by atoms with Gasteiger partial charge in [0.2, 0.25) is 0 Å². The molecule has 2 aromatic heterocycles. The zero-order chi connectivity index (χ0) is 19.1. The number of guanidine groups is 1. The minimum Gasteiger partial charge on any atom is -0.354 e. The zero-order valence-electron chi connectivity index (χ0n) is 16.2. The normalized spacial score (nSPS) is 10.9. The maximum Gasteiger partial charge on any atom is 0.191 e. The molecule has 1 aromatic carbocycles. The van der Waals surface area contributed by atoms with Gasteiger partial charge < -0.3 is 15.5 Å². The molecule has 8 heteroatoms. The molecule has 3 aromatic rings. The van der Waals surface area contributed by atoms with Gasteiger partial charge in [-0.05, 0) is 23.8 Å². The van der Waals surface area contributed by atoms with Gasteiger partial charge in [0.05, 0.1) is 17.9 Å². The molecule has 0 saturated heterocycles. The number of nitrogens with one attached hydrogen (secondary N) is 2. The fraction of sp³-hybridized carbons (Fsp3) is 0.250. The Balaban J connectivity index is 0.00000280. The molecule has 2 heterocycles. The molecular weight excluding hydrogens is 483 g/mol. The summed E-state index contributed by atoms with van der Waals surface area (Å²) in [7, 11) is 5.76. The third-order valence-corrected chi connectivity index (χ3v) is 4.99. The second-order valence-electron chi connectivity index (χ2n) is 6.21. The van der Waals surface area contributed by atoms with Gasteiger partial charge in [-0.15, -0.1) is 35.3 Å². The molecule has 0 aliphatic carbocycles.